The van der Waals surface area contributed by atoms with E-state index in [-0.39, 0.29) is 16.9 Å². The Bertz CT molecular complexity index is 1350. The predicted octanol–water partition coefficient (Wildman–Crippen LogP) is 3.63. The lowest BCUT2D eigenvalue weighted by atomic mass is 9.87. The van der Waals surface area contributed by atoms with E-state index in [1.165, 1.54) is 6.07 Å². The third kappa shape index (κ3) is 5.02. The van der Waals surface area contributed by atoms with Crippen molar-refractivity contribution in [3.8, 4) is 22.5 Å². The van der Waals surface area contributed by atoms with Gasteiger partial charge in [-0.05, 0) is 77.9 Å². The van der Waals surface area contributed by atoms with E-state index in [1.54, 1.807) is 0 Å². The zero-order chi connectivity index (χ0) is 25.7. The lowest BCUT2D eigenvalue weighted by Crippen LogP contribution is -2.43. The molecule has 0 unspecified atom stereocenters. The molecule has 0 atom stereocenters. The van der Waals surface area contributed by atoms with Gasteiger partial charge in [0.1, 0.15) is 0 Å². The third-order valence-electron chi connectivity index (χ3n) is 7.13. The first-order valence-corrected chi connectivity index (χ1v) is 13.6. The summed E-state index contributed by atoms with van der Waals surface area (Å²) in [5, 5.41) is 13.1. The maximum Gasteiger partial charge on any atom is 0.417 e. The molecule has 0 radical (unpaired) electrons. The van der Waals surface area contributed by atoms with Crippen molar-refractivity contribution in [1.29, 1.82) is 0 Å². The van der Waals surface area contributed by atoms with Gasteiger partial charge >= 0.3 is 6.18 Å². The van der Waals surface area contributed by atoms with E-state index >= 15 is 0 Å². The predicted molar refractivity (Wildman–Crippen MR) is 128 cm³/mol. The second-order valence-electron chi connectivity index (χ2n) is 9.92. The number of halogens is 3. The first-order valence-electron chi connectivity index (χ1n) is 11.7. The monoisotopic (exact) mass is 520 g/mol. The summed E-state index contributed by atoms with van der Waals surface area (Å²) in [6.45, 7) is 2.89. The highest BCUT2D eigenvalue weighted by atomic mass is 32.2. The Balaban J connectivity index is 1.48. The maximum absolute atomic E-state index is 13.8. The molecule has 5 rings (SSSR count). The lowest BCUT2D eigenvalue weighted by molar-refractivity contribution is -0.139. The van der Waals surface area contributed by atoms with Crippen LogP contribution in [0.2, 0.25) is 0 Å². The Labute approximate surface area is 207 Å². The van der Waals surface area contributed by atoms with Crippen molar-refractivity contribution in [2.24, 2.45) is 5.73 Å². The number of sulfone groups is 1. The van der Waals surface area contributed by atoms with Gasteiger partial charge in [0, 0.05) is 23.9 Å². The first kappa shape index (κ1) is 24.8. The normalized spacial score (nSPS) is 18.9. The molecule has 2 heterocycles. The zero-order valence-electron chi connectivity index (χ0n) is 19.7. The van der Waals surface area contributed by atoms with Crippen LogP contribution in [0.1, 0.15) is 42.7 Å². The number of nitrogens with zero attached hydrogens (tertiary/aromatic N) is 4. The summed E-state index contributed by atoms with van der Waals surface area (Å²) in [6, 6.07) is 9.60. The molecule has 3 N–H and O–H groups in total. The van der Waals surface area contributed by atoms with Crippen LogP contribution >= 0.6 is 0 Å². The second kappa shape index (κ2) is 8.93. The molecule has 2 aliphatic rings. The summed E-state index contributed by atoms with van der Waals surface area (Å²) in [5.74, 6) is 0.224. The maximum atomic E-state index is 13.8. The van der Waals surface area contributed by atoms with Crippen LogP contribution in [0.5, 0.6) is 0 Å². The smallest absolute Gasteiger partial charge is 0.324 e. The number of H-pyrrole nitrogens is 1. The van der Waals surface area contributed by atoms with Crippen LogP contribution < -0.4 is 5.73 Å². The van der Waals surface area contributed by atoms with Gasteiger partial charge < -0.3 is 10.6 Å². The number of nitrogens with two attached hydrogens (primary N) is 1. The van der Waals surface area contributed by atoms with Gasteiger partial charge in [0.2, 0.25) is 0 Å². The summed E-state index contributed by atoms with van der Waals surface area (Å²) in [7, 11) is -4.29. The Morgan fingerprint density at radius 1 is 1.11 bits per heavy atom. The molecule has 1 aliphatic carbocycles. The van der Waals surface area contributed by atoms with Crippen LogP contribution in [0.25, 0.3) is 22.5 Å². The van der Waals surface area contributed by atoms with Crippen LogP contribution in [-0.2, 0) is 16.0 Å². The van der Waals surface area contributed by atoms with Crippen molar-refractivity contribution in [2.75, 3.05) is 25.9 Å². The third-order valence-corrected chi connectivity index (χ3v) is 8.29. The van der Waals surface area contributed by atoms with Crippen molar-refractivity contribution < 1.29 is 21.6 Å². The molecule has 0 spiro atoms. The minimum absolute atomic E-state index is 0.00227. The molecule has 36 heavy (non-hydrogen) atoms. The van der Waals surface area contributed by atoms with Crippen molar-refractivity contribution in [1.82, 2.24) is 25.5 Å². The molecule has 2 fully saturated rings. The summed E-state index contributed by atoms with van der Waals surface area (Å²) in [5.41, 5.74) is 6.81. The number of piperidine rings is 1. The number of alkyl halides is 3. The molecular weight excluding hydrogens is 493 g/mol. The number of likely N-dealkylation sites (tertiary alicyclic amines) is 1. The number of aromatic amines is 1. The summed E-state index contributed by atoms with van der Waals surface area (Å²) in [6.07, 6.45) is 0.0591. The van der Waals surface area contributed by atoms with Crippen molar-refractivity contribution in [2.45, 2.75) is 48.2 Å². The number of hydrogen-bond acceptors (Lipinski definition) is 7. The Morgan fingerprint density at radius 3 is 2.31 bits per heavy atom. The minimum atomic E-state index is -4.87. The zero-order valence-corrected chi connectivity index (χ0v) is 20.5. The molecule has 1 aliphatic heterocycles. The molecule has 0 amide bonds. The quantitative estimate of drug-likeness (QED) is 0.510. The van der Waals surface area contributed by atoms with Crippen molar-refractivity contribution in [3.05, 3.63) is 47.5 Å². The molecule has 8 nitrogen and oxygen atoms in total. The van der Waals surface area contributed by atoms with E-state index in [1.807, 2.05) is 24.3 Å². The fourth-order valence-electron chi connectivity index (χ4n) is 5.06. The SMILES string of the molecule is CS(=O)(=O)c1c(C(F)(F)F)ccc(-c2ccc(C3CCN(CC4(N)CC4)CC3)cc2)c1-c1nnn[nH]1. The van der Waals surface area contributed by atoms with Gasteiger partial charge in [-0.1, -0.05) is 30.3 Å². The number of benzene rings is 2. The highest BCUT2D eigenvalue weighted by Gasteiger charge is 2.41. The number of nitrogens with one attached hydrogen (secondary N) is 1. The highest BCUT2D eigenvalue weighted by Crippen LogP contribution is 2.43. The number of hydrogen-bond donors (Lipinski definition) is 2. The molecular formula is C24H27F3N6O2S. The molecule has 1 saturated heterocycles. The van der Waals surface area contributed by atoms with E-state index in [4.69, 9.17) is 5.73 Å². The molecule has 3 aromatic rings. The molecule has 1 saturated carbocycles. The van der Waals surface area contributed by atoms with Gasteiger partial charge in [-0.25, -0.2) is 13.5 Å². The summed E-state index contributed by atoms with van der Waals surface area (Å²) < 4.78 is 66.5. The average Bonchev–Trinajstić information content (AvgIpc) is 3.30. The molecule has 192 valence electrons. The van der Waals surface area contributed by atoms with E-state index in [2.05, 4.69) is 25.5 Å². The molecule has 12 heteroatoms. The van der Waals surface area contributed by atoms with Gasteiger partial charge in [-0.2, -0.15) is 13.2 Å². The van der Waals surface area contributed by atoms with Gasteiger partial charge in [0.25, 0.3) is 0 Å². The number of rotatable bonds is 6. The van der Waals surface area contributed by atoms with Crippen LogP contribution in [0.4, 0.5) is 13.2 Å². The van der Waals surface area contributed by atoms with Crippen LogP contribution in [0.15, 0.2) is 41.3 Å². The van der Waals surface area contributed by atoms with Crippen molar-refractivity contribution >= 4 is 9.84 Å². The van der Waals surface area contributed by atoms with Gasteiger partial charge in [0.15, 0.2) is 15.7 Å². The Hall–Kier alpha value is -2.83. The number of aromatic nitrogens is 4. The number of tetrazole rings is 1. The van der Waals surface area contributed by atoms with Crippen LogP contribution in [-0.4, -0.2) is 65.4 Å². The van der Waals surface area contributed by atoms with Gasteiger partial charge in [0.05, 0.1) is 10.5 Å². The highest BCUT2D eigenvalue weighted by molar-refractivity contribution is 7.91. The molecule has 1 aromatic heterocycles. The fourth-order valence-corrected chi connectivity index (χ4v) is 6.22. The summed E-state index contributed by atoms with van der Waals surface area (Å²) in [4.78, 5) is 1.57. The van der Waals surface area contributed by atoms with E-state index < -0.39 is 26.5 Å². The van der Waals surface area contributed by atoms with Gasteiger partial charge in [-0.3, -0.25) is 0 Å². The van der Waals surface area contributed by atoms with Gasteiger partial charge in [-0.15, -0.1) is 5.10 Å². The minimum Gasteiger partial charge on any atom is -0.324 e. The summed E-state index contributed by atoms with van der Waals surface area (Å²) >= 11 is 0. The van der Waals surface area contributed by atoms with E-state index in [0.717, 1.165) is 63.2 Å². The first-order chi connectivity index (χ1) is 16.9. The Morgan fingerprint density at radius 2 is 1.78 bits per heavy atom. The van der Waals surface area contributed by atoms with E-state index in [9.17, 15) is 21.6 Å². The van der Waals surface area contributed by atoms with E-state index in [0.29, 0.717) is 17.0 Å². The topological polar surface area (TPSA) is 118 Å². The molecule has 0 bridgehead atoms. The second-order valence-corrected chi connectivity index (χ2v) is 11.9. The van der Waals surface area contributed by atoms with Crippen LogP contribution in [0.3, 0.4) is 0 Å². The average molecular weight is 521 g/mol. The van der Waals surface area contributed by atoms with Crippen molar-refractivity contribution in [3.63, 3.8) is 0 Å². The largest absolute Gasteiger partial charge is 0.417 e. The van der Waals surface area contributed by atoms with Crippen LogP contribution in [0, 0.1) is 0 Å². The fraction of sp³-hybridized carbons (Fsp3) is 0.458. The molecule has 2 aromatic carbocycles. The standard InChI is InChI=1S/C24H27F3N6O2S/c1-36(34,35)21-19(24(25,26)27)7-6-18(20(21)22-29-31-32-30-22)17-4-2-15(3-5-17)16-8-12-33(13-9-16)14-23(28)10-11-23/h2-7,16H,8-14,28H2,1H3,(H,29,30,31,32). The Kier molecular flexibility index (Phi) is 6.16. The lowest BCUT2D eigenvalue weighted by Gasteiger charge is -2.33.